The molecule has 2 rings (SSSR count). The molecule has 1 heteroatoms. The monoisotopic (exact) mass is 289 g/mol. The lowest BCUT2D eigenvalue weighted by Crippen LogP contribution is -2.07. The Morgan fingerprint density at radius 1 is 0.864 bits per heavy atom. The summed E-state index contributed by atoms with van der Waals surface area (Å²) in [5.41, 5.74) is 3.50. The Balaban J connectivity index is 2.18. The van der Waals surface area contributed by atoms with Crippen LogP contribution in [0, 0.1) is 5.41 Å². The first-order valence-corrected chi connectivity index (χ1v) is 7.59. The van der Waals surface area contributed by atoms with Gasteiger partial charge in [0, 0.05) is 6.21 Å². The van der Waals surface area contributed by atoms with Crippen LogP contribution < -0.4 is 0 Å². The van der Waals surface area contributed by atoms with E-state index >= 15 is 0 Å². The standard InChI is InChI=1S/C21H23N/c1-21(2,3)19(15-14-18-10-6-4-7-11-18)16-17-22-20-12-8-5-9-13-20/h4-17H,1-3H3/b15-14+,19-16+,22-17?. The fourth-order valence-corrected chi connectivity index (χ4v) is 2.02. The van der Waals surface area contributed by atoms with Crippen LogP contribution in [0.2, 0.25) is 0 Å². The summed E-state index contributed by atoms with van der Waals surface area (Å²) in [6, 6.07) is 20.3. The molecule has 0 aliphatic heterocycles. The highest BCUT2D eigenvalue weighted by molar-refractivity contribution is 5.77. The van der Waals surface area contributed by atoms with Crippen molar-refractivity contribution in [2.24, 2.45) is 10.4 Å². The number of nitrogens with zero attached hydrogens (tertiary/aromatic N) is 1. The van der Waals surface area contributed by atoms with E-state index in [4.69, 9.17) is 0 Å². The Labute approximate surface area is 133 Å². The van der Waals surface area contributed by atoms with Gasteiger partial charge in [0.05, 0.1) is 5.69 Å². The fraction of sp³-hybridized carbons (Fsp3) is 0.190. The molecule has 2 aromatic rings. The Hall–Kier alpha value is -2.41. The molecule has 0 radical (unpaired) electrons. The number of allylic oxidation sites excluding steroid dienone is 3. The third-order valence-corrected chi connectivity index (χ3v) is 3.35. The van der Waals surface area contributed by atoms with Crippen molar-refractivity contribution in [2.75, 3.05) is 0 Å². The normalized spacial score (nSPS) is 13.1. The second kappa shape index (κ2) is 7.56. The van der Waals surface area contributed by atoms with Gasteiger partial charge in [-0.3, -0.25) is 4.99 Å². The molecule has 0 unspecified atom stereocenters. The quantitative estimate of drug-likeness (QED) is 0.478. The molecule has 0 atom stereocenters. The van der Waals surface area contributed by atoms with Crippen molar-refractivity contribution in [3.8, 4) is 0 Å². The lowest BCUT2D eigenvalue weighted by Gasteiger charge is -2.19. The third kappa shape index (κ3) is 5.17. The van der Waals surface area contributed by atoms with Gasteiger partial charge in [-0.1, -0.05) is 81.5 Å². The van der Waals surface area contributed by atoms with Gasteiger partial charge in [-0.05, 0) is 34.8 Å². The zero-order valence-electron chi connectivity index (χ0n) is 13.5. The van der Waals surface area contributed by atoms with Crippen molar-refractivity contribution < 1.29 is 0 Å². The molecule has 1 nitrogen and oxygen atoms in total. The van der Waals surface area contributed by atoms with Crippen molar-refractivity contribution in [1.29, 1.82) is 0 Å². The summed E-state index contributed by atoms with van der Waals surface area (Å²) in [5.74, 6) is 0. The average molecular weight is 289 g/mol. The van der Waals surface area contributed by atoms with Gasteiger partial charge in [-0.25, -0.2) is 0 Å². The number of rotatable bonds is 4. The molecule has 0 spiro atoms. The number of aliphatic imine (C=N–C) groups is 1. The smallest absolute Gasteiger partial charge is 0.0629 e. The van der Waals surface area contributed by atoms with Crippen LogP contribution in [0.15, 0.2) is 83.4 Å². The van der Waals surface area contributed by atoms with Gasteiger partial charge in [0.2, 0.25) is 0 Å². The van der Waals surface area contributed by atoms with E-state index in [2.05, 4.69) is 68.3 Å². The molecular weight excluding hydrogens is 266 g/mol. The van der Waals surface area contributed by atoms with E-state index in [0.29, 0.717) is 0 Å². The molecule has 0 saturated heterocycles. The molecule has 0 aliphatic rings. The second-order valence-electron chi connectivity index (χ2n) is 6.23. The summed E-state index contributed by atoms with van der Waals surface area (Å²) in [6.45, 7) is 6.64. The third-order valence-electron chi connectivity index (χ3n) is 3.35. The molecule has 0 saturated carbocycles. The summed E-state index contributed by atoms with van der Waals surface area (Å²) in [6.07, 6.45) is 8.29. The maximum absolute atomic E-state index is 4.48. The molecular formula is C21H23N. The van der Waals surface area contributed by atoms with E-state index in [1.807, 2.05) is 42.6 Å². The molecule has 0 bridgehead atoms. The maximum atomic E-state index is 4.48. The average Bonchev–Trinajstić information content (AvgIpc) is 2.51. The highest BCUT2D eigenvalue weighted by Gasteiger charge is 2.13. The highest BCUT2D eigenvalue weighted by Crippen LogP contribution is 2.26. The van der Waals surface area contributed by atoms with Crippen molar-refractivity contribution in [3.63, 3.8) is 0 Å². The topological polar surface area (TPSA) is 12.4 Å². The van der Waals surface area contributed by atoms with E-state index in [1.165, 1.54) is 11.1 Å². The number of para-hydroxylation sites is 1. The lowest BCUT2D eigenvalue weighted by molar-refractivity contribution is 0.518. The largest absolute Gasteiger partial charge is 0.257 e. The molecule has 22 heavy (non-hydrogen) atoms. The number of hydrogen-bond donors (Lipinski definition) is 0. The van der Waals surface area contributed by atoms with E-state index in [-0.39, 0.29) is 5.41 Å². The molecule has 0 heterocycles. The summed E-state index contributed by atoms with van der Waals surface area (Å²) >= 11 is 0. The van der Waals surface area contributed by atoms with Crippen LogP contribution >= 0.6 is 0 Å². The van der Waals surface area contributed by atoms with Gasteiger partial charge in [-0.2, -0.15) is 0 Å². The fourth-order valence-electron chi connectivity index (χ4n) is 2.02. The highest BCUT2D eigenvalue weighted by atomic mass is 14.7. The van der Waals surface area contributed by atoms with Crippen molar-refractivity contribution in [3.05, 3.63) is 84.0 Å². The van der Waals surface area contributed by atoms with Crippen molar-refractivity contribution in [2.45, 2.75) is 20.8 Å². The van der Waals surface area contributed by atoms with Crippen molar-refractivity contribution >= 4 is 18.0 Å². The first-order chi connectivity index (χ1) is 10.6. The summed E-state index contributed by atoms with van der Waals surface area (Å²) in [4.78, 5) is 4.48. The first kappa shape index (κ1) is 16.0. The van der Waals surface area contributed by atoms with E-state index in [9.17, 15) is 0 Å². The van der Waals surface area contributed by atoms with Gasteiger partial charge in [0.15, 0.2) is 0 Å². The lowest BCUT2D eigenvalue weighted by atomic mass is 9.85. The predicted molar refractivity (Wildman–Crippen MR) is 97.6 cm³/mol. The Morgan fingerprint density at radius 3 is 2.05 bits per heavy atom. The Kier molecular flexibility index (Phi) is 5.48. The van der Waals surface area contributed by atoms with Gasteiger partial charge >= 0.3 is 0 Å². The Bertz CT molecular complexity index is 656. The molecule has 0 N–H and O–H groups in total. The van der Waals surface area contributed by atoms with Gasteiger partial charge in [-0.15, -0.1) is 0 Å². The predicted octanol–water partition coefficient (Wildman–Crippen LogP) is 6.07. The van der Waals surface area contributed by atoms with Crippen LogP contribution in [0.5, 0.6) is 0 Å². The zero-order chi connectivity index (χ0) is 15.8. The second-order valence-corrected chi connectivity index (χ2v) is 6.23. The van der Waals surface area contributed by atoms with Gasteiger partial charge in [0.25, 0.3) is 0 Å². The summed E-state index contributed by atoms with van der Waals surface area (Å²) < 4.78 is 0. The molecule has 2 aromatic carbocycles. The minimum absolute atomic E-state index is 0.0774. The molecule has 0 fully saturated rings. The minimum atomic E-state index is 0.0774. The Morgan fingerprint density at radius 2 is 1.45 bits per heavy atom. The van der Waals surface area contributed by atoms with Crippen LogP contribution in [0.1, 0.15) is 26.3 Å². The summed E-state index contributed by atoms with van der Waals surface area (Å²) in [5, 5.41) is 0. The van der Waals surface area contributed by atoms with Gasteiger partial charge in [0.1, 0.15) is 0 Å². The van der Waals surface area contributed by atoms with Crippen molar-refractivity contribution in [1.82, 2.24) is 0 Å². The molecule has 112 valence electrons. The molecule has 0 aliphatic carbocycles. The van der Waals surface area contributed by atoms with Crippen LogP contribution in [-0.4, -0.2) is 6.21 Å². The summed E-state index contributed by atoms with van der Waals surface area (Å²) in [7, 11) is 0. The van der Waals surface area contributed by atoms with Crippen LogP contribution in [0.3, 0.4) is 0 Å². The zero-order valence-corrected chi connectivity index (χ0v) is 13.5. The molecule has 0 aromatic heterocycles. The van der Waals surface area contributed by atoms with Crippen LogP contribution in [-0.2, 0) is 0 Å². The van der Waals surface area contributed by atoms with E-state index in [0.717, 1.165) is 5.69 Å². The van der Waals surface area contributed by atoms with Gasteiger partial charge < -0.3 is 0 Å². The van der Waals surface area contributed by atoms with Crippen LogP contribution in [0.4, 0.5) is 5.69 Å². The van der Waals surface area contributed by atoms with E-state index in [1.54, 1.807) is 0 Å². The number of hydrogen-bond acceptors (Lipinski definition) is 1. The maximum Gasteiger partial charge on any atom is 0.0629 e. The minimum Gasteiger partial charge on any atom is -0.257 e. The first-order valence-electron chi connectivity index (χ1n) is 7.59. The SMILES string of the molecule is CC(C)(C)C(/C=C/c1ccccc1)=C/C=Nc1ccccc1. The van der Waals surface area contributed by atoms with E-state index < -0.39 is 0 Å². The van der Waals surface area contributed by atoms with Crippen LogP contribution in [0.25, 0.3) is 6.08 Å². The number of benzene rings is 2. The molecule has 0 amide bonds.